The molecule has 3 aromatic rings. The van der Waals surface area contributed by atoms with Gasteiger partial charge in [-0.3, -0.25) is 9.79 Å². The molecule has 0 bridgehead atoms. The third kappa shape index (κ3) is 5.36. The first-order chi connectivity index (χ1) is 15.0. The van der Waals surface area contributed by atoms with Crippen LogP contribution in [0.5, 0.6) is 5.75 Å². The van der Waals surface area contributed by atoms with Gasteiger partial charge in [0.25, 0.3) is 0 Å². The number of amidine groups is 1. The maximum atomic E-state index is 12.8. The fourth-order valence-electron chi connectivity index (χ4n) is 3.68. The Kier molecular flexibility index (Phi) is 6.42. The molecule has 0 saturated carbocycles. The summed E-state index contributed by atoms with van der Waals surface area (Å²) in [6.45, 7) is 2.61. The zero-order chi connectivity index (χ0) is 21.7. The quantitative estimate of drug-likeness (QED) is 0.513. The minimum atomic E-state index is -0.327. The number of carbonyl (C=O) groups is 1. The summed E-state index contributed by atoms with van der Waals surface area (Å²) in [4.78, 5) is 17.5. The normalized spacial score (nSPS) is 18.3. The molecule has 1 atom stereocenters. The molecule has 0 spiro atoms. The summed E-state index contributed by atoms with van der Waals surface area (Å²) in [5.74, 6) is 1.79. The molecular formula is C26H26N2O2S. The first-order valence-corrected chi connectivity index (χ1v) is 11.4. The van der Waals surface area contributed by atoms with Crippen molar-refractivity contribution in [3.05, 3.63) is 101 Å². The van der Waals surface area contributed by atoms with Crippen LogP contribution in [-0.2, 0) is 18.6 Å². The molecule has 0 saturated heterocycles. The van der Waals surface area contributed by atoms with Crippen LogP contribution in [0, 0.1) is 0 Å². The van der Waals surface area contributed by atoms with E-state index in [-0.39, 0.29) is 11.3 Å². The molecule has 0 amide bonds. The number of nitrogens with zero attached hydrogens (tertiary/aromatic N) is 1. The van der Waals surface area contributed by atoms with Gasteiger partial charge < -0.3 is 10.5 Å². The van der Waals surface area contributed by atoms with Crippen molar-refractivity contribution in [3.8, 4) is 5.75 Å². The summed E-state index contributed by atoms with van der Waals surface area (Å²) in [6.07, 6.45) is 1.28. The molecule has 1 aliphatic heterocycles. The van der Waals surface area contributed by atoms with E-state index in [9.17, 15) is 4.79 Å². The Morgan fingerprint density at radius 3 is 2.52 bits per heavy atom. The summed E-state index contributed by atoms with van der Waals surface area (Å²) in [6, 6.07) is 25.5. The maximum Gasteiger partial charge on any atom is 0.167 e. The number of Topliss-reactive ketones (excluding diaryl/α,β-unsaturated/α-hetero) is 1. The van der Waals surface area contributed by atoms with Gasteiger partial charge in [-0.1, -0.05) is 66.4 Å². The molecule has 2 N–H and O–H groups in total. The lowest BCUT2D eigenvalue weighted by atomic mass is 9.88. The van der Waals surface area contributed by atoms with Gasteiger partial charge in [-0.25, -0.2) is 0 Å². The molecule has 1 aliphatic rings. The number of ether oxygens (including phenoxy) is 1. The van der Waals surface area contributed by atoms with E-state index in [1.165, 1.54) is 0 Å². The third-order valence-corrected chi connectivity index (χ3v) is 6.33. The lowest BCUT2D eigenvalue weighted by Crippen LogP contribution is -2.28. The van der Waals surface area contributed by atoms with Crippen LogP contribution in [0.4, 0.5) is 0 Å². The minimum Gasteiger partial charge on any atom is -0.489 e. The Morgan fingerprint density at radius 1 is 1.03 bits per heavy atom. The van der Waals surface area contributed by atoms with Gasteiger partial charge in [-0.2, -0.15) is 0 Å². The largest absolute Gasteiger partial charge is 0.489 e. The molecule has 0 radical (unpaired) electrons. The van der Waals surface area contributed by atoms with Crippen molar-refractivity contribution in [2.24, 2.45) is 10.7 Å². The van der Waals surface area contributed by atoms with Crippen LogP contribution in [0.2, 0.25) is 0 Å². The van der Waals surface area contributed by atoms with Gasteiger partial charge in [0.15, 0.2) is 11.0 Å². The minimum absolute atomic E-state index is 0.0825. The van der Waals surface area contributed by atoms with Gasteiger partial charge >= 0.3 is 0 Å². The third-order valence-electron chi connectivity index (χ3n) is 5.53. The summed E-state index contributed by atoms with van der Waals surface area (Å²) < 4.78 is 5.81. The second kappa shape index (κ2) is 9.40. The van der Waals surface area contributed by atoms with Crippen molar-refractivity contribution in [3.63, 3.8) is 0 Å². The maximum absolute atomic E-state index is 12.8. The van der Waals surface area contributed by atoms with Crippen LogP contribution >= 0.6 is 11.8 Å². The lowest BCUT2D eigenvalue weighted by molar-refractivity contribution is 0.0993. The summed E-state index contributed by atoms with van der Waals surface area (Å²) in [5.41, 5.74) is 9.51. The number of aliphatic imine (C=N–C) groups is 1. The first-order valence-electron chi connectivity index (χ1n) is 10.4. The molecule has 4 rings (SSSR count). The van der Waals surface area contributed by atoms with Crippen molar-refractivity contribution in [1.29, 1.82) is 0 Å². The van der Waals surface area contributed by atoms with Crippen LogP contribution < -0.4 is 10.5 Å². The van der Waals surface area contributed by atoms with E-state index < -0.39 is 0 Å². The molecule has 31 heavy (non-hydrogen) atoms. The molecule has 0 aromatic heterocycles. The smallest absolute Gasteiger partial charge is 0.167 e. The number of benzene rings is 3. The van der Waals surface area contributed by atoms with Gasteiger partial charge in [0.05, 0.1) is 5.54 Å². The van der Waals surface area contributed by atoms with Gasteiger partial charge in [0.2, 0.25) is 0 Å². The Balaban J connectivity index is 1.41. The van der Waals surface area contributed by atoms with E-state index in [4.69, 9.17) is 10.5 Å². The highest BCUT2D eigenvalue weighted by Gasteiger charge is 2.29. The van der Waals surface area contributed by atoms with Gasteiger partial charge in [0, 0.05) is 17.7 Å². The molecule has 158 valence electrons. The highest BCUT2D eigenvalue weighted by atomic mass is 32.2. The van der Waals surface area contributed by atoms with Crippen molar-refractivity contribution in [2.45, 2.75) is 31.9 Å². The molecular weight excluding hydrogens is 404 g/mol. The second-order valence-electron chi connectivity index (χ2n) is 7.92. The van der Waals surface area contributed by atoms with Crippen LogP contribution in [0.1, 0.15) is 40.4 Å². The monoisotopic (exact) mass is 430 g/mol. The first kappa shape index (κ1) is 21.2. The average Bonchev–Trinajstić information content (AvgIpc) is 2.79. The number of ketones is 1. The van der Waals surface area contributed by atoms with Crippen molar-refractivity contribution >= 4 is 22.7 Å². The van der Waals surface area contributed by atoms with Crippen LogP contribution in [-0.4, -0.2) is 16.7 Å². The summed E-state index contributed by atoms with van der Waals surface area (Å²) in [7, 11) is 0. The van der Waals surface area contributed by atoms with Gasteiger partial charge in [0.1, 0.15) is 12.4 Å². The molecule has 3 aromatic carbocycles. The van der Waals surface area contributed by atoms with E-state index in [2.05, 4.69) is 24.0 Å². The van der Waals surface area contributed by atoms with Crippen molar-refractivity contribution in [2.75, 3.05) is 5.75 Å². The van der Waals surface area contributed by atoms with E-state index >= 15 is 0 Å². The standard InChI is InChI=1S/C26H26N2O2S/c1-26(14-15-31-25(27)28-26)22-9-5-8-20(16-22)17-24(29)21-10-12-23(13-11-21)30-18-19-6-3-2-4-7-19/h2-13,16H,14-15,17-18H2,1H3,(H2,27,28). The molecule has 0 aliphatic carbocycles. The van der Waals surface area contributed by atoms with Gasteiger partial charge in [-0.15, -0.1) is 0 Å². The number of thioether (sulfide) groups is 1. The Morgan fingerprint density at radius 2 is 1.77 bits per heavy atom. The van der Waals surface area contributed by atoms with Crippen molar-refractivity contribution in [1.82, 2.24) is 0 Å². The van der Waals surface area contributed by atoms with E-state index in [1.807, 2.05) is 66.7 Å². The number of rotatable bonds is 7. The highest BCUT2D eigenvalue weighted by Crippen LogP contribution is 2.35. The SMILES string of the molecule is CC1(c2cccc(CC(=O)c3ccc(OCc4ccccc4)cc3)c2)CCSC(N)=N1. The topological polar surface area (TPSA) is 64.7 Å². The molecule has 1 unspecified atom stereocenters. The number of carbonyl (C=O) groups excluding carboxylic acids is 1. The van der Waals surface area contributed by atoms with E-state index in [1.54, 1.807) is 11.8 Å². The average molecular weight is 431 g/mol. The molecule has 5 heteroatoms. The summed E-state index contributed by atoms with van der Waals surface area (Å²) in [5, 5.41) is 0.629. The second-order valence-corrected chi connectivity index (χ2v) is 9.04. The fraction of sp³-hybridized carbons (Fsp3) is 0.231. The Bertz CT molecular complexity index is 1080. The molecule has 1 heterocycles. The number of nitrogens with two attached hydrogens (primary N) is 1. The van der Waals surface area contributed by atoms with E-state index in [0.29, 0.717) is 23.8 Å². The zero-order valence-corrected chi connectivity index (χ0v) is 18.4. The highest BCUT2D eigenvalue weighted by molar-refractivity contribution is 8.13. The van der Waals surface area contributed by atoms with Crippen molar-refractivity contribution < 1.29 is 9.53 Å². The Hall–Kier alpha value is -3.05. The lowest BCUT2D eigenvalue weighted by Gasteiger charge is -2.30. The number of hydrogen-bond donors (Lipinski definition) is 1. The summed E-state index contributed by atoms with van der Waals surface area (Å²) >= 11 is 1.59. The number of hydrogen-bond acceptors (Lipinski definition) is 5. The Labute approximate surface area is 187 Å². The van der Waals surface area contributed by atoms with Crippen LogP contribution in [0.3, 0.4) is 0 Å². The fourth-order valence-corrected chi connectivity index (χ4v) is 4.65. The van der Waals surface area contributed by atoms with Crippen LogP contribution in [0.15, 0.2) is 83.9 Å². The zero-order valence-electron chi connectivity index (χ0n) is 17.6. The van der Waals surface area contributed by atoms with Crippen LogP contribution in [0.25, 0.3) is 0 Å². The predicted octanol–water partition coefficient (Wildman–Crippen LogP) is 5.36. The molecule has 0 fully saturated rings. The predicted molar refractivity (Wildman–Crippen MR) is 128 cm³/mol. The van der Waals surface area contributed by atoms with E-state index in [0.717, 1.165) is 34.6 Å². The molecule has 4 nitrogen and oxygen atoms in total. The van der Waals surface area contributed by atoms with Gasteiger partial charge in [-0.05, 0) is 54.3 Å².